The number of fused-ring (bicyclic) bond motifs is 1. The molecule has 0 spiro atoms. The van der Waals surface area contributed by atoms with Crippen LogP contribution in [0.1, 0.15) is 19.8 Å². The topological polar surface area (TPSA) is 34.1 Å². The van der Waals surface area contributed by atoms with Gasteiger partial charge in [0.15, 0.2) is 0 Å². The van der Waals surface area contributed by atoms with E-state index in [1.807, 2.05) is 24.4 Å². The number of nitrogens with zero attached hydrogens (tertiary/aromatic N) is 1. The Morgan fingerprint density at radius 1 is 1.21 bits per heavy atom. The standard InChI is InChI=1S/C16H20N2O/c1-12(13-7-10-17-11-8-13)19-15-6-2-4-14-5-3-9-18-16(14)15/h2-6,9,12-13,17H,7-8,10-11H2,1H3. The minimum atomic E-state index is 0.245. The number of nitrogens with one attached hydrogen (secondary N) is 1. The van der Waals surface area contributed by atoms with Crippen LogP contribution in [-0.2, 0) is 0 Å². The first kappa shape index (κ1) is 12.4. The van der Waals surface area contributed by atoms with Gasteiger partial charge in [-0.25, -0.2) is 0 Å². The van der Waals surface area contributed by atoms with E-state index in [2.05, 4.69) is 29.4 Å². The van der Waals surface area contributed by atoms with E-state index in [1.165, 1.54) is 12.8 Å². The predicted molar refractivity (Wildman–Crippen MR) is 77.4 cm³/mol. The number of piperidine rings is 1. The zero-order valence-corrected chi connectivity index (χ0v) is 11.3. The van der Waals surface area contributed by atoms with Crippen LogP contribution in [0.4, 0.5) is 0 Å². The number of hydrogen-bond acceptors (Lipinski definition) is 3. The van der Waals surface area contributed by atoms with E-state index in [1.54, 1.807) is 0 Å². The van der Waals surface area contributed by atoms with Gasteiger partial charge in [-0.2, -0.15) is 0 Å². The maximum atomic E-state index is 6.18. The minimum Gasteiger partial charge on any atom is -0.488 e. The number of para-hydroxylation sites is 1. The van der Waals surface area contributed by atoms with Crippen molar-refractivity contribution in [3.05, 3.63) is 36.5 Å². The summed E-state index contributed by atoms with van der Waals surface area (Å²) in [5, 5.41) is 4.53. The summed E-state index contributed by atoms with van der Waals surface area (Å²) in [6, 6.07) is 10.2. The molecule has 2 heterocycles. The Morgan fingerprint density at radius 2 is 2.00 bits per heavy atom. The Balaban J connectivity index is 1.80. The summed E-state index contributed by atoms with van der Waals surface area (Å²) in [5.74, 6) is 1.55. The highest BCUT2D eigenvalue weighted by Gasteiger charge is 2.21. The van der Waals surface area contributed by atoms with Crippen LogP contribution in [0.25, 0.3) is 10.9 Å². The lowest BCUT2D eigenvalue weighted by Crippen LogP contribution is -2.35. The van der Waals surface area contributed by atoms with Crippen molar-refractivity contribution in [3.63, 3.8) is 0 Å². The van der Waals surface area contributed by atoms with Crippen LogP contribution in [0.3, 0.4) is 0 Å². The molecule has 0 bridgehead atoms. The van der Waals surface area contributed by atoms with Crippen LogP contribution in [-0.4, -0.2) is 24.2 Å². The molecule has 3 rings (SSSR count). The fraction of sp³-hybridized carbons (Fsp3) is 0.438. The Bertz CT molecular complexity index is 544. The highest BCUT2D eigenvalue weighted by atomic mass is 16.5. The van der Waals surface area contributed by atoms with Crippen LogP contribution in [0.15, 0.2) is 36.5 Å². The van der Waals surface area contributed by atoms with E-state index in [0.29, 0.717) is 5.92 Å². The number of aromatic nitrogens is 1. The molecular weight excluding hydrogens is 236 g/mol. The largest absolute Gasteiger partial charge is 0.488 e. The molecule has 1 aromatic heterocycles. The van der Waals surface area contributed by atoms with Crippen molar-refractivity contribution in [1.29, 1.82) is 0 Å². The van der Waals surface area contributed by atoms with E-state index >= 15 is 0 Å². The molecule has 19 heavy (non-hydrogen) atoms. The summed E-state index contributed by atoms with van der Waals surface area (Å²) < 4.78 is 6.18. The lowest BCUT2D eigenvalue weighted by atomic mass is 9.93. The predicted octanol–water partition coefficient (Wildman–Crippen LogP) is 3.00. The van der Waals surface area contributed by atoms with Gasteiger partial charge >= 0.3 is 0 Å². The molecule has 0 radical (unpaired) electrons. The van der Waals surface area contributed by atoms with Gasteiger partial charge in [-0.15, -0.1) is 0 Å². The second-order valence-electron chi connectivity index (χ2n) is 5.24. The maximum Gasteiger partial charge on any atom is 0.145 e. The molecule has 1 atom stereocenters. The maximum absolute atomic E-state index is 6.18. The van der Waals surface area contributed by atoms with E-state index in [4.69, 9.17) is 4.74 Å². The molecular formula is C16H20N2O. The average Bonchev–Trinajstić information content (AvgIpc) is 2.48. The summed E-state index contributed by atoms with van der Waals surface area (Å²) >= 11 is 0. The van der Waals surface area contributed by atoms with Crippen molar-refractivity contribution in [3.8, 4) is 5.75 Å². The molecule has 1 saturated heterocycles. The zero-order valence-electron chi connectivity index (χ0n) is 11.3. The first-order chi connectivity index (χ1) is 9.34. The molecule has 1 aliphatic rings. The summed E-state index contributed by atoms with van der Waals surface area (Å²) in [6.45, 7) is 4.38. The molecule has 1 aliphatic heterocycles. The van der Waals surface area contributed by atoms with E-state index in [0.717, 1.165) is 29.7 Å². The van der Waals surface area contributed by atoms with Gasteiger partial charge in [0.2, 0.25) is 0 Å². The fourth-order valence-electron chi connectivity index (χ4n) is 2.78. The zero-order chi connectivity index (χ0) is 13.1. The van der Waals surface area contributed by atoms with E-state index in [-0.39, 0.29) is 6.10 Å². The van der Waals surface area contributed by atoms with Crippen LogP contribution in [0, 0.1) is 5.92 Å². The normalized spacial score (nSPS) is 18.4. The summed E-state index contributed by atoms with van der Waals surface area (Å²) in [6.07, 6.45) is 4.46. The summed E-state index contributed by atoms with van der Waals surface area (Å²) in [4.78, 5) is 4.44. The summed E-state index contributed by atoms with van der Waals surface area (Å²) in [5.41, 5.74) is 0.964. The highest BCUT2D eigenvalue weighted by Crippen LogP contribution is 2.27. The quantitative estimate of drug-likeness (QED) is 0.916. The van der Waals surface area contributed by atoms with Crippen molar-refractivity contribution < 1.29 is 4.74 Å². The second kappa shape index (κ2) is 5.57. The fourth-order valence-corrected chi connectivity index (χ4v) is 2.78. The van der Waals surface area contributed by atoms with Gasteiger partial charge in [-0.1, -0.05) is 18.2 Å². The van der Waals surface area contributed by atoms with Crippen LogP contribution >= 0.6 is 0 Å². The van der Waals surface area contributed by atoms with Crippen molar-refractivity contribution in [2.24, 2.45) is 5.92 Å². The van der Waals surface area contributed by atoms with E-state index < -0.39 is 0 Å². The molecule has 1 unspecified atom stereocenters. The third kappa shape index (κ3) is 2.71. The molecule has 0 amide bonds. The SMILES string of the molecule is CC(Oc1cccc2cccnc12)C1CCNCC1. The van der Waals surface area contributed by atoms with E-state index in [9.17, 15) is 0 Å². The smallest absolute Gasteiger partial charge is 0.145 e. The molecule has 1 fully saturated rings. The molecule has 0 saturated carbocycles. The Kier molecular flexibility index (Phi) is 3.65. The van der Waals surface area contributed by atoms with Gasteiger partial charge in [-0.05, 0) is 50.9 Å². The van der Waals surface area contributed by atoms with Gasteiger partial charge in [-0.3, -0.25) is 4.98 Å². The molecule has 1 aromatic carbocycles. The first-order valence-electron chi connectivity index (χ1n) is 7.06. The third-order valence-corrected chi connectivity index (χ3v) is 3.96. The minimum absolute atomic E-state index is 0.245. The molecule has 1 N–H and O–H groups in total. The Labute approximate surface area is 114 Å². The number of pyridine rings is 1. The van der Waals surface area contributed by atoms with Crippen LogP contribution in [0.2, 0.25) is 0 Å². The molecule has 3 nitrogen and oxygen atoms in total. The van der Waals surface area contributed by atoms with Crippen molar-refractivity contribution in [1.82, 2.24) is 10.3 Å². The average molecular weight is 256 g/mol. The third-order valence-electron chi connectivity index (χ3n) is 3.96. The number of rotatable bonds is 3. The van der Waals surface area contributed by atoms with Crippen molar-refractivity contribution >= 4 is 10.9 Å². The van der Waals surface area contributed by atoms with Gasteiger partial charge in [0.1, 0.15) is 11.3 Å². The monoisotopic (exact) mass is 256 g/mol. The molecule has 3 heteroatoms. The highest BCUT2D eigenvalue weighted by molar-refractivity contribution is 5.84. The second-order valence-corrected chi connectivity index (χ2v) is 5.24. The van der Waals surface area contributed by atoms with Gasteiger partial charge in [0.05, 0.1) is 6.10 Å². The number of benzene rings is 1. The first-order valence-corrected chi connectivity index (χ1v) is 7.06. The molecule has 0 aliphatic carbocycles. The van der Waals surface area contributed by atoms with Crippen LogP contribution in [0.5, 0.6) is 5.75 Å². The molecule has 100 valence electrons. The Hall–Kier alpha value is -1.61. The summed E-state index contributed by atoms with van der Waals surface area (Å²) in [7, 11) is 0. The van der Waals surface area contributed by atoms with Crippen molar-refractivity contribution in [2.75, 3.05) is 13.1 Å². The number of hydrogen-bond donors (Lipinski definition) is 1. The van der Waals surface area contributed by atoms with Crippen LogP contribution < -0.4 is 10.1 Å². The lowest BCUT2D eigenvalue weighted by molar-refractivity contribution is 0.129. The molecule has 2 aromatic rings. The van der Waals surface area contributed by atoms with Gasteiger partial charge in [0, 0.05) is 11.6 Å². The van der Waals surface area contributed by atoms with Crippen molar-refractivity contribution in [2.45, 2.75) is 25.9 Å². The van der Waals surface area contributed by atoms with Gasteiger partial charge < -0.3 is 10.1 Å². The lowest BCUT2D eigenvalue weighted by Gasteiger charge is -2.28. The Morgan fingerprint density at radius 3 is 2.84 bits per heavy atom. The van der Waals surface area contributed by atoms with Gasteiger partial charge in [0.25, 0.3) is 0 Å². The number of ether oxygens (including phenoxy) is 1.